The van der Waals surface area contributed by atoms with E-state index in [1.807, 2.05) is 56.3 Å². The van der Waals surface area contributed by atoms with Crippen molar-refractivity contribution in [3.05, 3.63) is 60.2 Å². The standard InChI is InChI=1S/C20H22N4O3S2/c1-14(2)16-11-7-8-12-17(16)24(29(3,26)27)13-18(25)21-20-23-22-19(28-20)15-9-5-4-6-10-15/h4-12,14H,13H2,1-3H3,(H,21,23,25). The van der Waals surface area contributed by atoms with Crippen molar-refractivity contribution in [2.24, 2.45) is 0 Å². The Hall–Kier alpha value is -2.78. The second-order valence-corrected chi connectivity index (χ2v) is 9.69. The van der Waals surface area contributed by atoms with E-state index in [0.717, 1.165) is 21.7 Å². The first-order valence-corrected chi connectivity index (χ1v) is 11.7. The second kappa shape index (κ2) is 8.71. The third-order valence-electron chi connectivity index (χ3n) is 4.21. The molecular weight excluding hydrogens is 408 g/mol. The fourth-order valence-electron chi connectivity index (χ4n) is 2.84. The van der Waals surface area contributed by atoms with Crippen molar-refractivity contribution < 1.29 is 13.2 Å². The number of nitrogens with one attached hydrogen (secondary N) is 1. The number of aromatic nitrogens is 2. The summed E-state index contributed by atoms with van der Waals surface area (Å²) in [5.74, 6) is -0.375. The summed E-state index contributed by atoms with van der Waals surface area (Å²) in [5, 5.41) is 11.7. The third kappa shape index (κ3) is 5.18. The molecular formula is C20H22N4O3S2. The van der Waals surface area contributed by atoms with Crippen molar-refractivity contribution in [3.63, 3.8) is 0 Å². The minimum atomic E-state index is -3.66. The van der Waals surface area contributed by atoms with Gasteiger partial charge >= 0.3 is 0 Å². The van der Waals surface area contributed by atoms with E-state index < -0.39 is 15.9 Å². The molecule has 0 unspecified atom stereocenters. The first kappa shape index (κ1) is 20.9. The highest BCUT2D eigenvalue weighted by molar-refractivity contribution is 7.92. The number of carbonyl (C=O) groups excluding carboxylic acids is 1. The van der Waals surface area contributed by atoms with Crippen molar-refractivity contribution >= 4 is 38.1 Å². The zero-order chi connectivity index (χ0) is 21.0. The van der Waals surface area contributed by atoms with Crippen LogP contribution >= 0.6 is 11.3 Å². The van der Waals surface area contributed by atoms with Gasteiger partial charge in [0.2, 0.25) is 21.1 Å². The molecule has 0 fully saturated rings. The van der Waals surface area contributed by atoms with E-state index in [2.05, 4.69) is 15.5 Å². The first-order valence-electron chi connectivity index (χ1n) is 9.01. The molecule has 0 atom stereocenters. The topological polar surface area (TPSA) is 92.3 Å². The molecule has 3 rings (SSSR count). The van der Waals surface area contributed by atoms with Crippen LogP contribution in [0.25, 0.3) is 10.6 Å². The van der Waals surface area contributed by atoms with Crippen LogP contribution in [-0.4, -0.2) is 37.3 Å². The summed E-state index contributed by atoms with van der Waals surface area (Å²) in [4.78, 5) is 12.6. The van der Waals surface area contributed by atoms with Crippen LogP contribution in [0, 0.1) is 0 Å². The summed E-state index contributed by atoms with van der Waals surface area (Å²) in [6.07, 6.45) is 1.09. The Morgan fingerprint density at radius 1 is 1.07 bits per heavy atom. The average molecular weight is 431 g/mol. The maximum absolute atomic E-state index is 12.6. The van der Waals surface area contributed by atoms with E-state index in [-0.39, 0.29) is 12.5 Å². The Bertz CT molecular complexity index is 1100. The number of nitrogens with zero attached hydrogens (tertiary/aromatic N) is 3. The minimum absolute atomic E-state index is 0.107. The van der Waals surface area contributed by atoms with Gasteiger partial charge in [0.25, 0.3) is 0 Å². The van der Waals surface area contributed by atoms with Crippen LogP contribution in [0.5, 0.6) is 0 Å². The Balaban J connectivity index is 1.80. The quantitative estimate of drug-likeness (QED) is 0.616. The molecule has 0 saturated carbocycles. The number of amides is 1. The fraction of sp³-hybridized carbons (Fsp3) is 0.250. The summed E-state index contributed by atoms with van der Waals surface area (Å²) >= 11 is 1.23. The molecule has 1 aromatic heterocycles. The lowest BCUT2D eigenvalue weighted by Crippen LogP contribution is -2.38. The van der Waals surface area contributed by atoms with Crippen LogP contribution in [-0.2, 0) is 14.8 Å². The molecule has 2 aromatic carbocycles. The molecule has 0 aliphatic heterocycles. The molecule has 0 aliphatic rings. The van der Waals surface area contributed by atoms with Crippen molar-refractivity contribution in [3.8, 4) is 10.6 Å². The van der Waals surface area contributed by atoms with Crippen molar-refractivity contribution in [2.45, 2.75) is 19.8 Å². The summed E-state index contributed by atoms with van der Waals surface area (Å²) in [6, 6.07) is 16.7. The van der Waals surface area contributed by atoms with Gasteiger partial charge in [0, 0.05) is 5.56 Å². The number of anilines is 2. The molecule has 0 bridgehead atoms. The number of rotatable bonds is 7. The maximum Gasteiger partial charge on any atom is 0.246 e. The number of carbonyl (C=O) groups is 1. The predicted octanol–water partition coefficient (Wildman–Crippen LogP) is 3.73. The molecule has 1 amide bonds. The highest BCUT2D eigenvalue weighted by Crippen LogP contribution is 2.29. The molecule has 1 N–H and O–H groups in total. The van der Waals surface area contributed by atoms with E-state index in [0.29, 0.717) is 15.8 Å². The molecule has 9 heteroatoms. The minimum Gasteiger partial charge on any atom is -0.299 e. The number of hydrogen-bond acceptors (Lipinski definition) is 6. The van der Waals surface area contributed by atoms with Gasteiger partial charge in [-0.3, -0.25) is 14.4 Å². The van der Waals surface area contributed by atoms with Gasteiger partial charge in [0.15, 0.2) is 0 Å². The molecule has 0 spiro atoms. The van der Waals surface area contributed by atoms with E-state index in [4.69, 9.17) is 0 Å². The van der Waals surface area contributed by atoms with Gasteiger partial charge in [0.1, 0.15) is 11.6 Å². The van der Waals surface area contributed by atoms with Crippen LogP contribution in [0.4, 0.5) is 10.8 Å². The predicted molar refractivity (Wildman–Crippen MR) is 117 cm³/mol. The monoisotopic (exact) mass is 430 g/mol. The SMILES string of the molecule is CC(C)c1ccccc1N(CC(=O)Nc1nnc(-c2ccccc2)s1)S(C)(=O)=O. The molecule has 3 aromatic rings. The second-order valence-electron chi connectivity index (χ2n) is 6.81. The van der Waals surface area contributed by atoms with Crippen molar-refractivity contribution in [1.82, 2.24) is 10.2 Å². The van der Waals surface area contributed by atoms with Gasteiger partial charge in [-0.05, 0) is 17.5 Å². The normalized spacial score (nSPS) is 11.4. The number of hydrogen-bond donors (Lipinski definition) is 1. The Labute approximate surface area is 174 Å². The summed E-state index contributed by atoms with van der Waals surface area (Å²) < 4.78 is 25.9. The van der Waals surface area contributed by atoms with E-state index in [9.17, 15) is 13.2 Å². The lowest BCUT2D eigenvalue weighted by Gasteiger charge is -2.25. The largest absolute Gasteiger partial charge is 0.299 e. The highest BCUT2D eigenvalue weighted by atomic mass is 32.2. The van der Waals surface area contributed by atoms with Crippen LogP contribution in [0.3, 0.4) is 0 Å². The van der Waals surface area contributed by atoms with Gasteiger partial charge in [-0.25, -0.2) is 8.42 Å². The summed E-state index contributed by atoms with van der Waals surface area (Å²) in [7, 11) is -3.66. The number of sulfonamides is 1. The van der Waals surface area contributed by atoms with Gasteiger partial charge in [0.05, 0.1) is 11.9 Å². The molecule has 7 nitrogen and oxygen atoms in total. The molecule has 0 saturated heterocycles. The zero-order valence-electron chi connectivity index (χ0n) is 16.4. The zero-order valence-corrected chi connectivity index (χ0v) is 18.0. The van der Waals surface area contributed by atoms with Crippen LogP contribution in [0.2, 0.25) is 0 Å². The molecule has 29 heavy (non-hydrogen) atoms. The number of benzene rings is 2. The van der Waals surface area contributed by atoms with E-state index in [1.165, 1.54) is 11.3 Å². The third-order valence-corrected chi connectivity index (χ3v) is 6.22. The first-order chi connectivity index (χ1) is 13.8. The fourth-order valence-corrected chi connectivity index (χ4v) is 4.48. The average Bonchev–Trinajstić information content (AvgIpc) is 3.14. The number of para-hydroxylation sites is 1. The molecule has 152 valence electrons. The summed E-state index contributed by atoms with van der Waals surface area (Å²) in [6.45, 7) is 3.61. The highest BCUT2D eigenvalue weighted by Gasteiger charge is 2.24. The molecule has 0 aliphatic carbocycles. The smallest absolute Gasteiger partial charge is 0.246 e. The van der Waals surface area contributed by atoms with Crippen LogP contribution in [0.15, 0.2) is 54.6 Å². The van der Waals surface area contributed by atoms with Gasteiger partial charge in [-0.2, -0.15) is 0 Å². The van der Waals surface area contributed by atoms with E-state index in [1.54, 1.807) is 12.1 Å². The van der Waals surface area contributed by atoms with Gasteiger partial charge < -0.3 is 0 Å². The van der Waals surface area contributed by atoms with Crippen LogP contribution in [0.1, 0.15) is 25.3 Å². The lowest BCUT2D eigenvalue weighted by molar-refractivity contribution is -0.114. The van der Waals surface area contributed by atoms with E-state index >= 15 is 0 Å². The molecule has 0 radical (unpaired) electrons. The summed E-state index contributed by atoms with van der Waals surface area (Å²) in [5.41, 5.74) is 2.25. The van der Waals surface area contributed by atoms with Crippen molar-refractivity contribution in [2.75, 3.05) is 22.4 Å². The lowest BCUT2D eigenvalue weighted by atomic mass is 10.0. The maximum atomic E-state index is 12.6. The van der Waals surface area contributed by atoms with Crippen molar-refractivity contribution in [1.29, 1.82) is 0 Å². The Kier molecular flexibility index (Phi) is 6.29. The van der Waals surface area contributed by atoms with Crippen LogP contribution < -0.4 is 9.62 Å². The van der Waals surface area contributed by atoms with Gasteiger partial charge in [-0.1, -0.05) is 73.7 Å². The Morgan fingerprint density at radius 2 is 1.72 bits per heavy atom. The molecule has 1 heterocycles. The van der Waals surface area contributed by atoms with Gasteiger partial charge in [-0.15, -0.1) is 10.2 Å². The Morgan fingerprint density at radius 3 is 2.38 bits per heavy atom.